The van der Waals surface area contributed by atoms with Crippen molar-refractivity contribution in [1.29, 1.82) is 0 Å². The molecule has 2 rings (SSSR count). The maximum absolute atomic E-state index is 12.6. The van der Waals surface area contributed by atoms with Crippen LogP contribution in [0.15, 0.2) is 46.2 Å². The second-order valence-corrected chi connectivity index (χ2v) is 7.73. The van der Waals surface area contributed by atoms with Crippen LogP contribution in [0.2, 0.25) is 10.0 Å². The standard InChI is InChI=1S/C14H13Cl2NO2S2/c1-9-3-4-10(15)7-12(9)17-21(18,19)14-8-11(16)5-6-13(14)20-2/h3-8,17H,1-2H3. The van der Waals surface area contributed by atoms with E-state index in [9.17, 15) is 8.42 Å². The van der Waals surface area contributed by atoms with Crippen molar-refractivity contribution in [3.8, 4) is 0 Å². The average Bonchev–Trinajstić information content (AvgIpc) is 2.42. The van der Waals surface area contributed by atoms with Crippen molar-refractivity contribution in [2.75, 3.05) is 11.0 Å². The van der Waals surface area contributed by atoms with Gasteiger partial charge in [0.15, 0.2) is 0 Å². The molecule has 0 atom stereocenters. The van der Waals surface area contributed by atoms with Gasteiger partial charge in [-0.3, -0.25) is 4.72 Å². The van der Waals surface area contributed by atoms with Crippen LogP contribution in [0.1, 0.15) is 5.56 Å². The number of thioether (sulfide) groups is 1. The molecule has 0 amide bonds. The molecule has 112 valence electrons. The molecular weight excluding hydrogens is 349 g/mol. The minimum absolute atomic E-state index is 0.155. The van der Waals surface area contributed by atoms with E-state index in [0.717, 1.165) is 5.56 Å². The highest BCUT2D eigenvalue weighted by atomic mass is 35.5. The summed E-state index contributed by atoms with van der Waals surface area (Å²) in [6.45, 7) is 1.81. The molecule has 0 aromatic heterocycles. The molecule has 0 bridgehead atoms. The van der Waals surface area contributed by atoms with Crippen molar-refractivity contribution in [1.82, 2.24) is 0 Å². The summed E-state index contributed by atoms with van der Waals surface area (Å²) in [4.78, 5) is 0.786. The lowest BCUT2D eigenvalue weighted by atomic mass is 10.2. The van der Waals surface area contributed by atoms with Crippen LogP contribution in [0, 0.1) is 6.92 Å². The van der Waals surface area contributed by atoms with Crippen LogP contribution in [0.5, 0.6) is 0 Å². The topological polar surface area (TPSA) is 46.2 Å². The number of sulfonamides is 1. The molecule has 3 nitrogen and oxygen atoms in total. The Morgan fingerprint density at radius 3 is 2.33 bits per heavy atom. The van der Waals surface area contributed by atoms with Gasteiger partial charge in [0.05, 0.1) is 5.69 Å². The van der Waals surface area contributed by atoms with Gasteiger partial charge in [-0.05, 0) is 49.1 Å². The molecule has 0 aliphatic heterocycles. The molecule has 0 saturated carbocycles. The van der Waals surface area contributed by atoms with Crippen molar-refractivity contribution in [3.63, 3.8) is 0 Å². The number of hydrogen-bond acceptors (Lipinski definition) is 3. The SMILES string of the molecule is CSc1ccc(Cl)cc1S(=O)(=O)Nc1cc(Cl)ccc1C. The second-order valence-electron chi connectivity index (χ2n) is 4.36. The van der Waals surface area contributed by atoms with Gasteiger partial charge in [0.1, 0.15) is 4.90 Å². The number of hydrogen-bond donors (Lipinski definition) is 1. The van der Waals surface area contributed by atoms with Crippen LogP contribution in [-0.2, 0) is 10.0 Å². The van der Waals surface area contributed by atoms with E-state index in [1.807, 2.05) is 13.2 Å². The molecule has 0 radical (unpaired) electrons. The fraction of sp³-hybridized carbons (Fsp3) is 0.143. The first kappa shape index (κ1) is 16.5. The third kappa shape index (κ3) is 3.86. The summed E-state index contributed by atoms with van der Waals surface area (Å²) >= 11 is 13.2. The monoisotopic (exact) mass is 361 g/mol. The van der Waals surface area contributed by atoms with Crippen LogP contribution in [0.3, 0.4) is 0 Å². The molecule has 0 unspecified atom stereocenters. The maximum atomic E-state index is 12.6. The summed E-state index contributed by atoms with van der Waals surface area (Å²) in [5, 5.41) is 0.838. The number of aryl methyl sites for hydroxylation is 1. The van der Waals surface area contributed by atoms with E-state index in [1.54, 1.807) is 30.3 Å². The minimum Gasteiger partial charge on any atom is -0.279 e. The summed E-state index contributed by atoms with van der Waals surface area (Å²) < 4.78 is 27.7. The van der Waals surface area contributed by atoms with E-state index in [0.29, 0.717) is 20.6 Å². The lowest BCUT2D eigenvalue weighted by Gasteiger charge is -2.13. The van der Waals surface area contributed by atoms with Gasteiger partial charge in [0.25, 0.3) is 10.0 Å². The Morgan fingerprint density at radius 2 is 1.67 bits per heavy atom. The quantitative estimate of drug-likeness (QED) is 0.793. The highest BCUT2D eigenvalue weighted by Gasteiger charge is 2.20. The molecule has 2 aromatic rings. The molecule has 0 aliphatic rings. The van der Waals surface area contributed by atoms with E-state index in [4.69, 9.17) is 23.2 Å². The third-order valence-electron chi connectivity index (χ3n) is 2.86. The van der Waals surface area contributed by atoms with Crippen molar-refractivity contribution in [2.24, 2.45) is 0 Å². The first-order valence-electron chi connectivity index (χ1n) is 5.96. The van der Waals surface area contributed by atoms with Gasteiger partial charge < -0.3 is 0 Å². The largest absolute Gasteiger partial charge is 0.279 e. The Hall–Kier alpha value is -0.880. The smallest absolute Gasteiger partial charge is 0.263 e. The van der Waals surface area contributed by atoms with Crippen molar-refractivity contribution < 1.29 is 8.42 Å². The first-order chi connectivity index (χ1) is 9.83. The minimum atomic E-state index is -3.73. The Balaban J connectivity index is 2.48. The zero-order chi connectivity index (χ0) is 15.6. The van der Waals surface area contributed by atoms with Crippen LogP contribution >= 0.6 is 35.0 Å². The molecule has 21 heavy (non-hydrogen) atoms. The van der Waals surface area contributed by atoms with E-state index in [2.05, 4.69) is 4.72 Å². The summed E-state index contributed by atoms with van der Waals surface area (Å²) in [7, 11) is -3.73. The number of nitrogens with one attached hydrogen (secondary N) is 1. The van der Waals surface area contributed by atoms with Crippen molar-refractivity contribution >= 4 is 50.7 Å². The van der Waals surface area contributed by atoms with E-state index >= 15 is 0 Å². The van der Waals surface area contributed by atoms with Crippen molar-refractivity contribution in [2.45, 2.75) is 16.7 Å². The normalized spacial score (nSPS) is 11.4. The summed E-state index contributed by atoms with van der Waals surface area (Å²) in [5.41, 5.74) is 1.24. The van der Waals surface area contributed by atoms with Gasteiger partial charge in [-0.1, -0.05) is 29.3 Å². The maximum Gasteiger partial charge on any atom is 0.263 e. The van der Waals surface area contributed by atoms with Crippen LogP contribution in [0.25, 0.3) is 0 Å². The van der Waals surface area contributed by atoms with E-state index in [1.165, 1.54) is 17.8 Å². The number of benzene rings is 2. The van der Waals surface area contributed by atoms with Gasteiger partial charge in [-0.25, -0.2) is 8.42 Å². The highest BCUT2D eigenvalue weighted by molar-refractivity contribution is 7.99. The molecule has 7 heteroatoms. The number of anilines is 1. The molecule has 0 heterocycles. The lowest BCUT2D eigenvalue weighted by molar-refractivity contribution is 0.599. The molecule has 1 N–H and O–H groups in total. The molecule has 0 saturated heterocycles. The lowest BCUT2D eigenvalue weighted by Crippen LogP contribution is -2.14. The summed E-state index contributed by atoms with van der Waals surface area (Å²) in [5.74, 6) is 0. The Bertz CT molecular complexity index is 777. The van der Waals surface area contributed by atoms with Gasteiger partial charge in [-0.15, -0.1) is 11.8 Å². The molecule has 0 spiro atoms. The summed E-state index contributed by atoms with van der Waals surface area (Å²) in [6.07, 6.45) is 1.81. The van der Waals surface area contributed by atoms with Gasteiger partial charge in [0, 0.05) is 14.9 Å². The Morgan fingerprint density at radius 1 is 1.05 bits per heavy atom. The predicted molar refractivity (Wildman–Crippen MR) is 90.2 cm³/mol. The fourth-order valence-corrected chi connectivity index (χ4v) is 4.45. The first-order valence-corrected chi connectivity index (χ1v) is 9.42. The second kappa shape index (κ2) is 6.48. The number of halogens is 2. The van der Waals surface area contributed by atoms with Gasteiger partial charge in [0.2, 0.25) is 0 Å². The zero-order valence-electron chi connectivity index (χ0n) is 11.4. The van der Waals surface area contributed by atoms with E-state index in [-0.39, 0.29) is 4.90 Å². The molecular formula is C14H13Cl2NO2S2. The number of rotatable bonds is 4. The van der Waals surface area contributed by atoms with Crippen LogP contribution < -0.4 is 4.72 Å². The zero-order valence-corrected chi connectivity index (χ0v) is 14.5. The predicted octanol–water partition coefficient (Wildman–Crippen LogP) is 4.82. The third-order valence-corrected chi connectivity index (χ3v) is 5.66. The molecule has 0 aliphatic carbocycles. The van der Waals surface area contributed by atoms with Gasteiger partial charge in [-0.2, -0.15) is 0 Å². The van der Waals surface area contributed by atoms with E-state index < -0.39 is 10.0 Å². The van der Waals surface area contributed by atoms with Crippen molar-refractivity contribution in [3.05, 3.63) is 52.0 Å². The van der Waals surface area contributed by atoms with Gasteiger partial charge >= 0.3 is 0 Å². The average molecular weight is 362 g/mol. The summed E-state index contributed by atoms with van der Waals surface area (Å²) in [6, 6.07) is 9.84. The Labute approximate surface area is 138 Å². The highest BCUT2D eigenvalue weighted by Crippen LogP contribution is 2.30. The molecule has 2 aromatic carbocycles. The fourth-order valence-electron chi connectivity index (χ4n) is 1.76. The molecule has 0 fully saturated rings. The van der Waals surface area contributed by atoms with Crippen LogP contribution in [0.4, 0.5) is 5.69 Å². The Kier molecular flexibility index (Phi) is 5.09. The van der Waals surface area contributed by atoms with Crippen LogP contribution in [-0.4, -0.2) is 14.7 Å².